The van der Waals surface area contributed by atoms with Gasteiger partial charge in [-0.1, -0.05) is 20.8 Å². The van der Waals surface area contributed by atoms with Crippen LogP contribution in [-0.4, -0.2) is 11.3 Å². The van der Waals surface area contributed by atoms with E-state index in [9.17, 15) is 4.79 Å². The first-order valence-electron chi connectivity index (χ1n) is 5.73. The van der Waals surface area contributed by atoms with Crippen molar-refractivity contribution in [1.82, 2.24) is 0 Å². The zero-order valence-electron chi connectivity index (χ0n) is 11.0. The molecule has 0 unspecified atom stereocenters. The minimum Gasteiger partial charge on any atom is -0.491 e. The number of rotatable bonds is 3. The van der Waals surface area contributed by atoms with Crippen LogP contribution in [0.25, 0.3) is 0 Å². The molecule has 0 amide bonds. The average Bonchev–Trinajstić information content (AvgIpc) is 2.15. The molecule has 17 heavy (non-hydrogen) atoms. The highest BCUT2D eigenvalue weighted by atomic mass is 35.5. The Morgan fingerprint density at radius 3 is 2.29 bits per heavy atom. The largest absolute Gasteiger partial charge is 0.491 e. The zero-order chi connectivity index (χ0) is 13.2. The van der Waals surface area contributed by atoms with Gasteiger partial charge in [0.25, 0.3) is 5.24 Å². The van der Waals surface area contributed by atoms with Crippen molar-refractivity contribution < 1.29 is 9.53 Å². The Kier molecular flexibility index (Phi) is 4.21. The van der Waals surface area contributed by atoms with Gasteiger partial charge in [0, 0.05) is 11.1 Å². The minimum atomic E-state index is -0.438. The van der Waals surface area contributed by atoms with Crippen LogP contribution >= 0.6 is 11.6 Å². The lowest BCUT2D eigenvalue weighted by molar-refractivity contribution is 0.108. The number of ether oxygens (including phenoxy) is 1. The van der Waals surface area contributed by atoms with Gasteiger partial charge in [0.05, 0.1) is 6.10 Å². The molecule has 2 nitrogen and oxygen atoms in total. The smallest absolute Gasteiger partial charge is 0.252 e. The summed E-state index contributed by atoms with van der Waals surface area (Å²) in [7, 11) is 0. The van der Waals surface area contributed by atoms with E-state index < -0.39 is 5.24 Å². The van der Waals surface area contributed by atoms with E-state index in [0.29, 0.717) is 5.56 Å². The number of carbonyl (C=O) groups excluding carboxylic acids is 1. The van der Waals surface area contributed by atoms with Gasteiger partial charge < -0.3 is 4.74 Å². The fourth-order valence-corrected chi connectivity index (χ4v) is 1.71. The van der Waals surface area contributed by atoms with Crippen LogP contribution in [0.5, 0.6) is 5.75 Å². The van der Waals surface area contributed by atoms with Crippen molar-refractivity contribution in [3.8, 4) is 5.75 Å². The fraction of sp³-hybridized carbons (Fsp3) is 0.500. The molecule has 1 aromatic rings. The van der Waals surface area contributed by atoms with Crippen LogP contribution in [0.4, 0.5) is 0 Å². The average molecular weight is 255 g/mol. The number of hydrogen-bond acceptors (Lipinski definition) is 2. The van der Waals surface area contributed by atoms with E-state index in [0.717, 1.165) is 11.3 Å². The van der Waals surface area contributed by atoms with Crippen LogP contribution in [0.2, 0.25) is 0 Å². The molecule has 0 aliphatic rings. The van der Waals surface area contributed by atoms with Crippen molar-refractivity contribution in [3.05, 3.63) is 29.3 Å². The molecular weight excluding hydrogens is 236 g/mol. The summed E-state index contributed by atoms with van der Waals surface area (Å²) in [4.78, 5) is 11.2. The van der Waals surface area contributed by atoms with E-state index in [-0.39, 0.29) is 11.5 Å². The summed E-state index contributed by atoms with van der Waals surface area (Å²) < 4.78 is 5.75. The molecule has 1 aromatic carbocycles. The molecule has 0 atom stereocenters. The van der Waals surface area contributed by atoms with E-state index >= 15 is 0 Å². The Balaban J connectivity index is 3.27. The first kappa shape index (κ1) is 14.0. The Bertz CT molecular complexity index is 417. The predicted molar refractivity (Wildman–Crippen MR) is 71.1 cm³/mol. The van der Waals surface area contributed by atoms with E-state index in [4.69, 9.17) is 16.3 Å². The number of benzene rings is 1. The molecule has 0 saturated carbocycles. The molecule has 0 N–H and O–H groups in total. The lowest BCUT2D eigenvalue weighted by Gasteiger charge is -2.24. The van der Waals surface area contributed by atoms with Crippen LogP contribution in [0, 0.1) is 0 Å². The maximum atomic E-state index is 11.2. The molecule has 1 rings (SSSR count). The van der Waals surface area contributed by atoms with Crippen LogP contribution in [0.1, 0.15) is 50.5 Å². The van der Waals surface area contributed by atoms with Crippen molar-refractivity contribution in [2.24, 2.45) is 0 Å². The molecule has 0 spiro atoms. The first-order valence-corrected chi connectivity index (χ1v) is 6.10. The van der Waals surface area contributed by atoms with Gasteiger partial charge in [-0.05, 0) is 49.1 Å². The van der Waals surface area contributed by atoms with E-state index in [1.165, 1.54) is 0 Å². The van der Waals surface area contributed by atoms with E-state index in [1.54, 1.807) is 6.07 Å². The third-order valence-electron chi connectivity index (χ3n) is 2.38. The van der Waals surface area contributed by atoms with Gasteiger partial charge in [0.2, 0.25) is 0 Å². The van der Waals surface area contributed by atoms with Gasteiger partial charge in [-0.15, -0.1) is 0 Å². The summed E-state index contributed by atoms with van der Waals surface area (Å²) >= 11 is 5.50. The molecule has 0 saturated heterocycles. The molecule has 0 aliphatic carbocycles. The lowest BCUT2D eigenvalue weighted by atomic mass is 9.85. The minimum absolute atomic E-state index is 0.0907. The van der Waals surface area contributed by atoms with Crippen molar-refractivity contribution in [1.29, 1.82) is 0 Å². The molecule has 0 bridgehead atoms. The second kappa shape index (κ2) is 5.09. The molecule has 94 valence electrons. The van der Waals surface area contributed by atoms with Crippen LogP contribution in [0.15, 0.2) is 18.2 Å². The van der Waals surface area contributed by atoms with Crippen molar-refractivity contribution in [3.63, 3.8) is 0 Å². The van der Waals surface area contributed by atoms with E-state index in [1.807, 2.05) is 26.0 Å². The third-order valence-corrected chi connectivity index (χ3v) is 2.60. The van der Waals surface area contributed by atoms with Crippen molar-refractivity contribution >= 4 is 16.8 Å². The molecule has 0 aliphatic heterocycles. The predicted octanol–water partition coefficient (Wildman–Crippen LogP) is 4.15. The summed E-state index contributed by atoms with van der Waals surface area (Å²) in [6, 6.07) is 5.32. The molecule has 0 aromatic heterocycles. The molecular formula is C14H19ClO2. The van der Waals surface area contributed by atoms with Crippen LogP contribution < -0.4 is 4.74 Å². The highest BCUT2D eigenvalue weighted by molar-refractivity contribution is 6.67. The maximum absolute atomic E-state index is 11.2. The Morgan fingerprint density at radius 1 is 1.29 bits per heavy atom. The van der Waals surface area contributed by atoms with Gasteiger partial charge in [-0.2, -0.15) is 0 Å². The quantitative estimate of drug-likeness (QED) is 0.758. The monoisotopic (exact) mass is 254 g/mol. The number of halogens is 1. The second-order valence-corrected chi connectivity index (χ2v) is 5.74. The summed E-state index contributed by atoms with van der Waals surface area (Å²) in [5.74, 6) is 0.814. The van der Waals surface area contributed by atoms with Crippen molar-refractivity contribution in [2.75, 3.05) is 0 Å². The van der Waals surface area contributed by atoms with Gasteiger partial charge in [0.15, 0.2) is 0 Å². The van der Waals surface area contributed by atoms with Gasteiger partial charge in [0.1, 0.15) is 5.75 Å². The third kappa shape index (κ3) is 3.74. The maximum Gasteiger partial charge on any atom is 0.252 e. The molecule has 0 radical (unpaired) electrons. The molecule has 0 fully saturated rings. The Labute approximate surface area is 108 Å². The normalized spacial score (nSPS) is 11.7. The SMILES string of the molecule is CC(C)Oc1ccc(C(=O)Cl)cc1C(C)(C)C. The van der Waals surface area contributed by atoms with Gasteiger partial charge >= 0.3 is 0 Å². The summed E-state index contributed by atoms with van der Waals surface area (Å²) in [6.45, 7) is 10.2. The standard InChI is InChI=1S/C14H19ClO2/c1-9(2)17-12-7-6-10(13(15)16)8-11(12)14(3,4)5/h6-9H,1-5H3. The fourth-order valence-electron chi connectivity index (χ4n) is 1.60. The first-order chi connectivity index (χ1) is 7.71. The van der Waals surface area contributed by atoms with Crippen LogP contribution in [0.3, 0.4) is 0 Å². The van der Waals surface area contributed by atoms with Crippen molar-refractivity contribution in [2.45, 2.75) is 46.1 Å². The Hall–Kier alpha value is -1.02. The van der Waals surface area contributed by atoms with E-state index in [2.05, 4.69) is 20.8 Å². The molecule has 0 heterocycles. The van der Waals surface area contributed by atoms with Crippen LogP contribution in [-0.2, 0) is 5.41 Å². The summed E-state index contributed by atoms with van der Waals surface area (Å²) in [5, 5.41) is -0.438. The summed E-state index contributed by atoms with van der Waals surface area (Å²) in [5.41, 5.74) is 1.41. The van der Waals surface area contributed by atoms with Gasteiger partial charge in [-0.3, -0.25) is 4.79 Å². The zero-order valence-corrected chi connectivity index (χ0v) is 11.8. The number of hydrogen-bond donors (Lipinski definition) is 0. The lowest BCUT2D eigenvalue weighted by Crippen LogP contribution is -2.16. The molecule has 3 heteroatoms. The summed E-state index contributed by atoms with van der Waals surface area (Å²) in [6.07, 6.45) is 0.105. The highest BCUT2D eigenvalue weighted by Gasteiger charge is 2.21. The Morgan fingerprint density at radius 2 is 1.88 bits per heavy atom. The highest BCUT2D eigenvalue weighted by Crippen LogP contribution is 2.33. The topological polar surface area (TPSA) is 26.3 Å². The number of carbonyl (C=O) groups is 1. The van der Waals surface area contributed by atoms with Gasteiger partial charge in [-0.25, -0.2) is 0 Å². The second-order valence-electron chi connectivity index (χ2n) is 5.40.